The van der Waals surface area contributed by atoms with Crippen LogP contribution in [-0.2, 0) is 17.3 Å². The second-order valence-corrected chi connectivity index (χ2v) is 5.18. The van der Waals surface area contributed by atoms with E-state index in [1.54, 1.807) is 20.8 Å². The zero-order chi connectivity index (χ0) is 16.1. The van der Waals surface area contributed by atoms with E-state index in [0.717, 1.165) is 12.3 Å². The Kier molecular flexibility index (Phi) is 5.28. The molecule has 0 atom stereocenters. The minimum atomic E-state index is -4.45. The van der Waals surface area contributed by atoms with Gasteiger partial charge in [-0.05, 0) is 32.4 Å². The van der Waals surface area contributed by atoms with Gasteiger partial charge in [0.15, 0.2) is 0 Å². The van der Waals surface area contributed by atoms with Crippen LogP contribution in [0.15, 0.2) is 23.4 Å². The van der Waals surface area contributed by atoms with Gasteiger partial charge in [0, 0.05) is 18.8 Å². The molecule has 1 N–H and O–H groups in total. The van der Waals surface area contributed by atoms with Crippen LogP contribution in [0.4, 0.5) is 18.0 Å². The van der Waals surface area contributed by atoms with Crippen LogP contribution in [0.5, 0.6) is 0 Å². The fourth-order valence-corrected chi connectivity index (χ4v) is 1.26. The SMILES string of the molecule is CC(C)(C)OC(=O)NN=CCc1ccc(C(F)(F)F)nc1. The standard InChI is InChI=1S/C13H16F3N3O2/c1-12(2,3)21-11(20)19-18-7-6-9-4-5-10(17-8-9)13(14,15)16/h4-5,7-8H,6H2,1-3H3,(H,19,20). The van der Waals surface area contributed by atoms with E-state index in [0.29, 0.717) is 5.56 Å². The molecule has 1 amide bonds. The van der Waals surface area contributed by atoms with Gasteiger partial charge in [-0.1, -0.05) is 6.07 Å². The van der Waals surface area contributed by atoms with E-state index in [4.69, 9.17) is 4.74 Å². The summed E-state index contributed by atoms with van der Waals surface area (Å²) in [7, 11) is 0. The number of alkyl halides is 3. The van der Waals surface area contributed by atoms with Crippen molar-refractivity contribution in [2.24, 2.45) is 5.10 Å². The van der Waals surface area contributed by atoms with Crippen LogP contribution in [0.25, 0.3) is 0 Å². The van der Waals surface area contributed by atoms with E-state index < -0.39 is 23.6 Å². The van der Waals surface area contributed by atoms with Crippen LogP contribution in [0, 0.1) is 0 Å². The molecule has 0 saturated carbocycles. The molecule has 0 aromatic carbocycles. The van der Waals surface area contributed by atoms with Crippen molar-refractivity contribution in [2.45, 2.75) is 39.0 Å². The molecular formula is C13H16F3N3O2. The predicted octanol–water partition coefficient (Wildman–Crippen LogP) is 3.15. The normalized spacial score (nSPS) is 12.5. The number of carbonyl (C=O) groups excluding carboxylic acids is 1. The number of ether oxygens (including phenoxy) is 1. The number of amides is 1. The molecule has 0 saturated heterocycles. The van der Waals surface area contributed by atoms with Gasteiger partial charge in [-0.15, -0.1) is 0 Å². The maximum absolute atomic E-state index is 12.3. The van der Waals surface area contributed by atoms with Crippen molar-refractivity contribution in [3.05, 3.63) is 29.6 Å². The van der Waals surface area contributed by atoms with E-state index in [1.165, 1.54) is 12.3 Å². The van der Waals surface area contributed by atoms with Crippen LogP contribution in [0.2, 0.25) is 0 Å². The lowest BCUT2D eigenvalue weighted by Crippen LogP contribution is -2.29. The summed E-state index contributed by atoms with van der Waals surface area (Å²) in [5.41, 5.74) is 1.12. The van der Waals surface area contributed by atoms with Crippen molar-refractivity contribution in [2.75, 3.05) is 0 Å². The molecule has 21 heavy (non-hydrogen) atoms. The minimum absolute atomic E-state index is 0.237. The monoisotopic (exact) mass is 303 g/mol. The van der Waals surface area contributed by atoms with Crippen molar-refractivity contribution in [3.8, 4) is 0 Å². The van der Waals surface area contributed by atoms with E-state index in [2.05, 4.69) is 15.5 Å². The van der Waals surface area contributed by atoms with E-state index in [-0.39, 0.29) is 6.42 Å². The lowest BCUT2D eigenvalue weighted by Gasteiger charge is -2.18. The quantitative estimate of drug-likeness (QED) is 0.689. The number of nitrogens with one attached hydrogen (secondary N) is 1. The topological polar surface area (TPSA) is 63.6 Å². The first-order chi connectivity index (χ1) is 9.58. The lowest BCUT2D eigenvalue weighted by atomic mass is 10.2. The van der Waals surface area contributed by atoms with Gasteiger partial charge in [-0.2, -0.15) is 18.3 Å². The first-order valence-electron chi connectivity index (χ1n) is 6.10. The summed E-state index contributed by atoms with van der Waals surface area (Å²) in [5, 5.41) is 3.62. The molecule has 1 heterocycles. The molecule has 116 valence electrons. The summed E-state index contributed by atoms with van der Waals surface area (Å²) >= 11 is 0. The minimum Gasteiger partial charge on any atom is -0.443 e. The summed E-state index contributed by atoms with van der Waals surface area (Å²) < 4.78 is 41.8. The highest BCUT2D eigenvalue weighted by Gasteiger charge is 2.31. The second-order valence-electron chi connectivity index (χ2n) is 5.18. The maximum atomic E-state index is 12.3. The first kappa shape index (κ1) is 16.9. The third-order valence-corrected chi connectivity index (χ3v) is 2.09. The maximum Gasteiger partial charge on any atom is 0.433 e. The molecular weight excluding hydrogens is 287 g/mol. The molecule has 0 bridgehead atoms. The van der Waals surface area contributed by atoms with Gasteiger partial charge < -0.3 is 4.74 Å². The van der Waals surface area contributed by atoms with Gasteiger partial charge in [0.05, 0.1) is 0 Å². The number of carbonyl (C=O) groups is 1. The molecule has 1 rings (SSSR count). The summed E-state index contributed by atoms with van der Waals surface area (Å²) in [6.07, 6.45) is -2.47. The van der Waals surface area contributed by atoms with E-state index in [1.807, 2.05) is 0 Å². The molecule has 0 fully saturated rings. The molecule has 1 aromatic heterocycles. The molecule has 0 aliphatic heterocycles. The highest BCUT2D eigenvalue weighted by atomic mass is 19.4. The highest BCUT2D eigenvalue weighted by molar-refractivity contribution is 5.70. The Balaban J connectivity index is 2.45. The van der Waals surface area contributed by atoms with Gasteiger partial charge >= 0.3 is 12.3 Å². The number of hydrogen-bond acceptors (Lipinski definition) is 4. The number of aromatic nitrogens is 1. The summed E-state index contributed by atoms with van der Waals surface area (Å²) in [6, 6.07) is 2.19. The fourth-order valence-electron chi connectivity index (χ4n) is 1.26. The molecule has 0 aliphatic rings. The number of hydrazone groups is 1. The average Bonchev–Trinajstić information content (AvgIpc) is 2.32. The molecule has 0 aliphatic carbocycles. The smallest absolute Gasteiger partial charge is 0.433 e. The Morgan fingerprint density at radius 1 is 1.38 bits per heavy atom. The van der Waals surface area contributed by atoms with Crippen LogP contribution >= 0.6 is 0 Å². The van der Waals surface area contributed by atoms with E-state index >= 15 is 0 Å². The van der Waals surface area contributed by atoms with Crippen molar-refractivity contribution in [1.29, 1.82) is 0 Å². The zero-order valence-electron chi connectivity index (χ0n) is 11.9. The largest absolute Gasteiger partial charge is 0.443 e. The second kappa shape index (κ2) is 6.55. The third-order valence-electron chi connectivity index (χ3n) is 2.09. The number of hydrogen-bond donors (Lipinski definition) is 1. The summed E-state index contributed by atoms with van der Waals surface area (Å²) in [5.74, 6) is 0. The van der Waals surface area contributed by atoms with Gasteiger partial charge in [0.25, 0.3) is 0 Å². The van der Waals surface area contributed by atoms with Crippen LogP contribution in [0.1, 0.15) is 32.0 Å². The van der Waals surface area contributed by atoms with Crippen molar-refractivity contribution in [1.82, 2.24) is 10.4 Å². The summed E-state index contributed by atoms with van der Waals surface area (Å²) in [4.78, 5) is 14.6. The lowest BCUT2D eigenvalue weighted by molar-refractivity contribution is -0.141. The van der Waals surface area contributed by atoms with Gasteiger partial charge in [0.1, 0.15) is 11.3 Å². The van der Waals surface area contributed by atoms with Crippen LogP contribution in [0.3, 0.4) is 0 Å². The Morgan fingerprint density at radius 3 is 2.52 bits per heavy atom. The molecule has 1 aromatic rings. The van der Waals surface area contributed by atoms with Gasteiger partial charge in [-0.25, -0.2) is 10.2 Å². The Hall–Kier alpha value is -2.12. The molecule has 0 spiro atoms. The molecule has 8 heteroatoms. The van der Waals surface area contributed by atoms with Gasteiger partial charge in [0.2, 0.25) is 0 Å². The van der Waals surface area contributed by atoms with Crippen LogP contribution < -0.4 is 5.43 Å². The number of pyridine rings is 1. The summed E-state index contributed by atoms with van der Waals surface area (Å²) in [6.45, 7) is 5.14. The Morgan fingerprint density at radius 2 is 2.05 bits per heavy atom. The molecule has 5 nitrogen and oxygen atoms in total. The van der Waals surface area contributed by atoms with Crippen molar-refractivity contribution in [3.63, 3.8) is 0 Å². The van der Waals surface area contributed by atoms with Crippen LogP contribution in [-0.4, -0.2) is 22.9 Å². The van der Waals surface area contributed by atoms with Gasteiger partial charge in [-0.3, -0.25) is 4.98 Å². The fraction of sp³-hybridized carbons (Fsp3) is 0.462. The average molecular weight is 303 g/mol. The number of nitrogens with zero attached hydrogens (tertiary/aromatic N) is 2. The predicted molar refractivity (Wildman–Crippen MR) is 70.8 cm³/mol. The zero-order valence-corrected chi connectivity index (χ0v) is 11.9. The Bertz CT molecular complexity index is 505. The first-order valence-corrected chi connectivity index (χ1v) is 6.10. The van der Waals surface area contributed by atoms with E-state index in [9.17, 15) is 18.0 Å². The third kappa shape index (κ3) is 6.73. The van der Waals surface area contributed by atoms with Crippen molar-refractivity contribution >= 4 is 12.3 Å². The molecule has 0 unspecified atom stereocenters. The molecule has 0 radical (unpaired) electrons. The van der Waals surface area contributed by atoms with Crippen molar-refractivity contribution < 1.29 is 22.7 Å². The number of halogens is 3. The number of rotatable bonds is 3. The highest BCUT2D eigenvalue weighted by Crippen LogP contribution is 2.27. The Labute approximate surface area is 120 Å².